The van der Waals surface area contributed by atoms with E-state index >= 15 is 0 Å². The Hall–Kier alpha value is -3.87. The molecule has 0 aliphatic rings. The van der Waals surface area contributed by atoms with E-state index in [2.05, 4.69) is 16.9 Å². The average molecular weight is 519 g/mol. The molecule has 0 saturated carbocycles. The van der Waals surface area contributed by atoms with Gasteiger partial charge >= 0.3 is 0 Å². The lowest BCUT2D eigenvalue weighted by atomic mass is 10.1. The first kappa shape index (κ1) is 25.2. The van der Waals surface area contributed by atoms with Gasteiger partial charge in [-0.15, -0.1) is 6.58 Å². The van der Waals surface area contributed by atoms with Gasteiger partial charge < -0.3 is 4.90 Å². The molecule has 2 amide bonds. The fourth-order valence-corrected chi connectivity index (χ4v) is 4.06. The van der Waals surface area contributed by atoms with Gasteiger partial charge in [0.2, 0.25) is 11.9 Å². The number of rotatable bonds is 8. The van der Waals surface area contributed by atoms with Gasteiger partial charge in [0, 0.05) is 39.6 Å². The van der Waals surface area contributed by atoms with Gasteiger partial charge in [0.05, 0.1) is 5.69 Å². The molecule has 0 fully saturated rings. The zero-order chi connectivity index (χ0) is 25.7. The molecule has 8 heteroatoms. The van der Waals surface area contributed by atoms with Crippen LogP contribution in [0.25, 0.3) is 16.9 Å². The molecule has 36 heavy (non-hydrogen) atoms. The first-order valence-corrected chi connectivity index (χ1v) is 12.0. The number of carbonyl (C=O) groups excluding carboxylic acids is 2. The molecule has 4 aromatic rings. The number of amides is 2. The van der Waals surface area contributed by atoms with Crippen molar-refractivity contribution in [3.8, 4) is 16.9 Å². The number of aromatic nitrogens is 2. The first-order chi connectivity index (χ1) is 17.4. The molecule has 0 radical (unpaired) electrons. The Bertz CT molecular complexity index is 1410. The summed E-state index contributed by atoms with van der Waals surface area (Å²) in [4.78, 5) is 32.4. The Balaban J connectivity index is 1.63. The van der Waals surface area contributed by atoms with Crippen LogP contribution in [-0.2, 0) is 4.79 Å². The van der Waals surface area contributed by atoms with E-state index in [4.69, 9.17) is 23.2 Å². The second kappa shape index (κ2) is 11.2. The quantitative estimate of drug-likeness (QED) is 0.273. The number of nitrogens with one attached hydrogen (secondary N) is 1. The Labute approximate surface area is 219 Å². The molecule has 0 aliphatic carbocycles. The minimum absolute atomic E-state index is 0.169. The molecule has 6 nitrogen and oxygen atoms in total. The molecule has 4 rings (SSSR count). The predicted octanol–water partition coefficient (Wildman–Crippen LogP) is 6.42. The van der Waals surface area contributed by atoms with E-state index in [-0.39, 0.29) is 19.0 Å². The van der Waals surface area contributed by atoms with Gasteiger partial charge in [0.1, 0.15) is 6.54 Å². The third-order valence-corrected chi connectivity index (χ3v) is 6.02. The van der Waals surface area contributed by atoms with Crippen molar-refractivity contribution in [2.75, 3.05) is 18.4 Å². The monoisotopic (exact) mass is 518 g/mol. The Morgan fingerprint density at radius 3 is 2.47 bits per heavy atom. The maximum Gasteiger partial charge on any atom is 0.254 e. The van der Waals surface area contributed by atoms with Crippen LogP contribution in [0.1, 0.15) is 15.9 Å². The highest BCUT2D eigenvalue weighted by Gasteiger charge is 2.21. The number of halogens is 2. The average Bonchev–Trinajstić information content (AvgIpc) is 3.27. The van der Waals surface area contributed by atoms with Crippen molar-refractivity contribution in [2.45, 2.75) is 6.92 Å². The molecule has 0 atom stereocenters. The predicted molar refractivity (Wildman–Crippen MR) is 145 cm³/mol. The van der Waals surface area contributed by atoms with Crippen molar-refractivity contribution in [3.05, 3.63) is 113 Å². The van der Waals surface area contributed by atoms with Crippen LogP contribution in [0.5, 0.6) is 0 Å². The summed E-state index contributed by atoms with van der Waals surface area (Å²) in [6.45, 7) is 5.64. The summed E-state index contributed by atoms with van der Waals surface area (Å²) in [5.41, 5.74) is 3.57. The number of carbonyl (C=O) groups is 2. The van der Waals surface area contributed by atoms with Gasteiger partial charge in [-0.05, 0) is 48.9 Å². The zero-order valence-corrected chi connectivity index (χ0v) is 21.1. The SMILES string of the molecule is C=CCN(CC(=O)Nc1nc(-c2ccc(Cl)cc2)cn1-c1cccc(Cl)c1)C(=O)c1ccccc1C. The maximum absolute atomic E-state index is 13.1. The third-order valence-electron chi connectivity index (χ3n) is 5.53. The minimum Gasteiger partial charge on any atom is -0.326 e. The second-order valence-corrected chi connectivity index (χ2v) is 9.02. The highest BCUT2D eigenvalue weighted by Crippen LogP contribution is 2.26. The molecule has 1 aromatic heterocycles. The summed E-state index contributed by atoms with van der Waals surface area (Å²) >= 11 is 12.2. The van der Waals surface area contributed by atoms with E-state index in [0.717, 1.165) is 16.8 Å². The number of benzene rings is 3. The molecule has 3 aromatic carbocycles. The van der Waals surface area contributed by atoms with Crippen molar-refractivity contribution in [1.29, 1.82) is 0 Å². The van der Waals surface area contributed by atoms with Crippen molar-refractivity contribution < 1.29 is 9.59 Å². The van der Waals surface area contributed by atoms with E-state index < -0.39 is 5.91 Å². The normalized spacial score (nSPS) is 10.6. The largest absolute Gasteiger partial charge is 0.326 e. The molecule has 0 aliphatic heterocycles. The van der Waals surface area contributed by atoms with Gasteiger partial charge in [0.25, 0.3) is 5.91 Å². The van der Waals surface area contributed by atoms with Crippen LogP contribution >= 0.6 is 23.2 Å². The van der Waals surface area contributed by atoms with E-state index in [0.29, 0.717) is 27.3 Å². The number of aryl methyl sites for hydroxylation is 1. The topological polar surface area (TPSA) is 67.2 Å². The summed E-state index contributed by atoms with van der Waals surface area (Å²) in [7, 11) is 0. The number of anilines is 1. The maximum atomic E-state index is 13.1. The highest BCUT2D eigenvalue weighted by atomic mass is 35.5. The molecule has 0 bridgehead atoms. The summed E-state index contributed by atoms with van der Waals surface area (Å²) in [5, 5.41) is 4.02. The molecule has 0 spiro atoms. The van der Waals surface area contributed by atoms with E-state index in [9.17, 15) is 9.59 Å². The molecule has 1 heterocycles. The minimum atomic E-state index is -0.393. The number of hydrogen-bond acceptors (Lipinski definition) is 3. The van der Waals surface area contributed by atoms with Crippen LogP contribution in [-0.4, -0.2) is 39.4 Å². The Morgan fingerprint density at radius 2 is 1.78 bits per heavy atom. The van der Waals surface area contributed by atoms with Crippen LogP contribution in [0.4, 0.5) is 5.95 Å². The van der Waals surface area contributed by atoms with Gasteiger partial charge in [-0.25, -0.2) is 4.98 Å². The molecule has 182 valence electrons. The van der Waals surface area contributed by atoms with Crippen molar-refractivity contribution in [1.82, 2.24) is 14.5 Å². The van der Waals surface area contributed by atoms with Gasteiger partial charge in [-0.1, -0.05) is 65.7 Å². The van der Waals surface area contributed by atoms with E-state index in [1.54, 1.807) is 47.0 Å². The first-order valence-electron chi connectivity index (χ1n) is 11.2. The highest BCUT2D eigenvalue weighted by molar-refractivity contribution is 6.31. The number of imidazole rings is 1. The lowest BCUT2D eigenvalue weighted by Gasteiger charge is -2.21. The summed E-state index contributed by atoms with van der Waals surface area (Å²) < 4.78 is 1.74. The van der Waals surface area contributed by atoms with Crippen LogP contribution in [0.15, 0.2) is 91.6 Å². The molecule has 0 saturated heterocycles. The molecular formula is C28H24Cl2N4O2. The van der Waals surface area contributed by atoms with Crippen molar-refractivity contribution >= 4 is 41.0 Å². The summed E-state index contributed by atoms with van der Waals surface area (Å²) in [5.74, 6) is -0.340. The van der Waals surface area contributed by atoms with Crippen molar-refractivity contribution in [3.63, 3.8) is 0 Å². The Kier molecular flexibility index (Phi) is 7.88. The Morgan fingerprint density at radius 1 is 1.03 bits per heavy atom. The van der Waals surface area contributed by atoms with Crippen LogP contribution in [0.2, 0.25) is 10.0 Å². The molecular weight excluding hydrogens is 495 g/mol. The number of hydrogen-bond donors (Lipinski definition) is 1. The van der Waals surface area contributed by atoms with Crippen LogP contribution < -0.4 is 5.32 Å². The standard InChI is InChI=1S/C28H24Cl2N4O2/c1-3-15-33(27(36)24-10-5-4-7-19(24)2)18-26(35)32-28-31-25(20-11-13-21(29)14-12-20)17-34(28)23-9-6-8-22(30)16-23/h3-14,16-17H,1,15,18H2,2H3,(H,31,32,35). The second-order valence-electron chi connectivity index (χ2n) is 8.14. The number of nitrogens with zero attached hydrogens (tertiary/aromatic N) is 3. The fraction of sp³-hybridized carbons (Fsp3) is 0.107. The van der Waals surface area contributed by atoms with Crippen LogP contribution in [0.3, 0.4) is 0 Å². The van der Waals surface area contributed by atoms with Gasteiger partial charge in [-0.3, -0.25) is 19.5 Å². The van der Waals surface area contributed by atoms with E-state index in [1.807, 2.05) is 49.5 Å². The lowest BCUT2D eigenvalue weighted by Crippen LogP contribution is -2.38. The van der Waals surface area contributed by atoms with E-state index in [1.165, 1.54) is 4.90 Å². The van der Waals surface area contributed by atoms with Gasteiger partial charge in [0.15, 0.2) is 0 Å². The van der Waals surface area contributed by atoms with Crippen molar-refractivity contribution in [2.24, 2.45) is 0 Å². The summed E-state index contributed by atoms with van der Waals surface area (Å²) in [6, 6.07) is 21.7. The molecule has 0 unspecified atom stereocenters. The smallest absolute Gasteiger partial charge is 0.254 e. The zero-order valence-electron chi connectivity index (χ0n) is 19.6. The van der Waals surface area contributed by atoms with Crippen LogP contribution in [0, 0.1) is 6.92 Å². The molecule has 1 N–H and O–H groups in total. The third kappa shape index (κ3) is 5.85. The fourth-order valence-electron chi connectivity index (χ4n) is 3.75. The lowest BCUT2D eigenvalue weighted by molar-refractivity contribution is -0.116. The summed E-state index contributed by atoms with van der Waals surface area (Å²) in [6.07, 6.45) is 3.40. The van der Waals surface area contributed by atoms with Gasteiger partial charge in [-0.2, -0.15) is 0 Å².